The normalized spacial score (nSPS) is 22.4. The van der Waals surface area contributed by atoms with Gasteiger partial charge in [0.2, 0.25) is 10.0 Å². The lowest BCUT2D eigenvalue weighted by molar-refractivity contribution is 0.206. The maximum absolute atomic E-state index is 12.8. The highest BCUT2D eigenvalue weighted by molar-refractivity contribution is 7.89. The third kappa shape index (κ3) is 3.17. The largest absolute Gasteiger partial charge is 0.489 e. The molecule has 2 heterocycles. The fourth-order valence-electron chi connectivity index (χ4n) is 2.98. The molecule has 124 valence electrons. The minimum atomic E-state index is -3.58. The van der Waals surface area contributed by atoms with Gasteiger partial charge in [0.25, 0.3) is 0 Å². The van der Waals surface area contributed by atoms with Crippen molar-refractivity contribution in [3.63, 3.8) is 0 Å². The van der Waals surface area contributed by atoms with Crippen molar-refractivity contribution in [2.45, 2.75) is 24.3 Å². The minimum absolute atomic E-state index is 0.00924. The summed E-state index contributed by atoms with van der Waals surface area (Å²) in [7, 11) is -3.58. The third-order valence-electron chi connectivity index (χ3n) is 4.18. The molecule has 3 rings (SSSR count). The van der Waals surface area contributed by atoms with Crippen LogP contribution < -0.4 is 4.74 Å². The van der Waals surface area contributed by atoms with Gasteiger partial charge < -0.3 is 4.74 Å². The second-order valence-corrected chi connectivity index (χ2v) is 8.21. The molecule has 0 saturated carbocycles. The van der Waals surface area contributed by atoms with Crippen molar-refractivity contribution in [2.75, 3.05) is 32.7 Å². The van der Waals surface area contributed by atoms with Crippen molar-refractivity contribution >= 4 is 21.6 Å². The van der Waals surface area contributed by atoms with Gasteiger partial charge in [-0.25, -0.2) is 8.42 Å². The van der Waals surface area contributed by atoms with Crippen LogP contribution in [0.1, 0.15) is 12.5 Å². The molecule has 0 N–H and O–H groups in total. The Balaban J connectivity index is 1.83. The first-order valence-electron chi connectivity index (χ1n) is 7.50. The molecule has 1 saturated heterocycles. The average molecular weight is 356 g/mol. The van der Waals surface area contributed by atoms with E-state index in [1.54, 1.807) is 6.07 Å². The van der Waals surface area contributed by atoms with Gasteiger partial charge in [0, 0.05) is 38.2 Å². The summed E-state index contributed by atoms with van der Waals surface area (Å²) in [6.07, 6.45) is 0.670. The van der Waals surface area contributed by atoms with Crippen molar-refractivity contribution in [3.8, 4) is 11.8 Å². The van der Waals surface area contributed by atoms with Crippen LogP contribution in [0.5, 0.6) is 5.75 Å². The molecule has 6 nitrogen and oxygen atoms in total. The maximum Gasteiger partial charge on any atom is 0.243 e. The molecule has 0 radical (unpaired) electrons. The standard InChI is InChI=1S/C15H18ClN3O3S/c1-11-8-12-9-13(10-14(16)15(12)22-11)23(20,21)19-6-4-18(3-2-17)5-7-19/h9-11H,3-8H2,1H3. The number of fused-ring (bicyclic) bond motifs is 1. The average Bonchev–Trinajstić information content (AvgIpc) is 2.89. The monoisotopic (exact) mass is 355 g/mol. The Labute approximate surface area is 141 Å². The van der Waals surface area contributed by atoms with E-state index in [9.17, 15) is 8.42 Å². The van der Waals surface area contributed by atoms with E-state index >= 15 is 0 Å². The quantitative estimate of drug-likeness (QED) is 0.768. The topological polar surface area (TPSA) is 73.6 Å². The molecule has 1 aromatic rings. The number of nitrogens with zero attached hydrogens (tertiary/aromatic N) is 3. The Morgan fingerprint density at radius 2 is 2.04 bits per heavy atom. The predicted octanol–water partition coefficient (Wildman–Crippen LogP) is 1.49. The second-order valence-electron chi connectivity index (χ2n) is 5.86. The van der Waals surface area contributed by atoms with Crippen LogP contribution in [0.2, 0.25) is 5.02 Å². The Morgan fingerprint density at radius 1 is 1.35 bits per heavy atom. The van der Waals surface area contributed by atoms with Crippen LogP contribution in [0.3, 0.4) is 0 Å². The second kappa shape index (κ2) is 6.29. The summed E-state index contributed by atoms with van der Waals surface area (Å²) in [4.78, 5) is 2.16. The Kier molecular flexibility index (Phi) is 4.52. The molecule has 0 amide bonds. The highest BCUT2D eigenvalue weighted by Crippen LogP contribution is 2.38. The first-order valence-corrected chi connectivity index (χ1v) is 9.32. The van der Waals surface area contributed by atoms with E-state index in [-0.39, 0.29) is 11.0 Å². The zero-order chi connectivity index (χ0) is 16.6. The number of benzene rings is 1. The van der Waals surface area contributed by atoms with E-state index in [0.29, 0.717) is 49.9 Å². The fourth-order valence-corrected chi connectivity index (χ4v) is 4.83. The predicted molar refractivity (Wildman–Crippen MR) is 86.1 cm³/mol. The summed E-state index contributed by atoms with van der Waals surface area (Å²) >= 11 is 6.20. The Hall–Kier alpha value is -1.33. The zero-order valence-electron chi connectivity index (χ0n) is 12.8. The number of nitriles is 1. The molecule has 23 heavy (non-hydrogen) atoms. The van der Waals surface area contributed by atoms with Gasteiger partial charge in [0.15, 0.2) is 0 Å². The molecule has 1 unspecified atom stereocenters. The number of piperazine rings is 1. The Morgan fingerprint density at radius 3 is 2.70 bits per heavy atom. The summed E-state index contributed by atoms with van der Waals surface area (Å²) in [5.74, 6) is 0.594. The van der Waals surface area contributed by atoms with E-state index in [1.165, 1.54) is 10.4 Å². The summed E-state index contributed by atoms with van der Waals surface area (Å²) in [6.45, 7) is 4.14. The van der Waals surface area contributed by atoms with Gasteiger partial charge in [-0.1, -0.05) is 11.6 Å². The number of rotatable bonds is 3. The molecule has 0 spiro atoms. The van der Waals surface area contributed by atoms with E-state index < -0.39 is 10.0 Å². The first-order chi connectivity index (χ1) is 10.9. The van der Waals surface area contributed by atoms with Crippen LogP contribution >= 0.6 is 11.6 Å². The molecular formula is C15H18ClN3O3S. The van der Waals surface area contributed by atoms with Gasteiger partial charge in [0.05, 0.1) is 22.5 Å². The van der Waals surface area contributed by atoms with Crippen LogP contribution in [-0.4, -0.2) is 56.5 Å². The van der Waals surface area contributed by atoms with Crippen LogP contribution in [0.4, 0.5) is 0 Å². The van der Waals surface area contributed by atoms with E-state index in [0.717, 1.165) is 5.56 Å². The third-order valence-corrected chi connectivity index (χ3v) is 6.34. The lowest BCUT2D eigenvalue weighted by atomic mass is 10.1. The van der Waals surface area contributed by atoms with Gasteiger partial charge in [-0.2, -0.15) is 9.57 Å². The molecule has 0 aliphatic carbocycles. The molecule has 1 fully saturated rings. The van der Waals surface area contributed by atoms with Crippen LogP contribution in [0.15, 0.2) is 17.0 Å². The number of hydrogen-bond donors (Lipinski definition) is 0. The summed E-state index contributed by atoms with van der Waals surface area (Å²) in [5.41, 5.74) is 0.840. The molecule has 1 atom stereocenters. The smallest absolute Gasteiger partial charge is 0.243 e. The van der Waals surface area contributed by atoms with Crippen molar-refractivity contribution in [1.82, 2.24) is 9.21 Å². The van der Waals surface area contributed by atoms with E-state index in [2.05, 4.69) is 6.07 Å². The van der Waals surface area contributed by atoms with Gasteiger partial charge >= 0.3 is 0 Å². The van der Waals surface area contributed by atoms with Gasteiger partial charge in [-0.05, 0) is 19.1 Å². The lowest BCUT2D eigenvalue weighted by Gasteiger charge is -2.32. The van der Waals surface area contributed by atoms with Gasteiger partial charge in [-0.15, -0.1) is 0 Å². The van der Waals surface area contributed by atoms with E-state index in [4.69, 9.17) is 21.6 Å². The number of sulfonamides is 1. The zero-order valence-corrected chi connectivity index (χ0v) is 14.4. The molecular weight excluding hydrogens is 338 g/mol. The number of hydrogen-bond acceptors (Lipinski definition) is 5. The SMILES string of the molecule is CC1Cc2cc(S(=O)(=O)N3CCN(CC#N)CC3)cc(Cl)c2O1. The molecule has 1 aromatic carbocycles. The van der Waals surface area contributed by atoms with Crippen molar-refractivity contribution in [2.24, 2.45) is 0 Å². The summed E-state index contributed by atoms with van der Waals surface area (Å²) in [6, 6.07) is 5.23. The van der Waals surface area contributed by atoms with Crippen molar-refractivity contribution in [1.29, 1.82) is 5.26 Å². The van der Waals surface area contributed by atoms with Crippen molar-refractivity contribution < 1.29 is 13.2 Å². The first kappa shape index (κ1) is 16.5. The highest BCUT2D eigenvalue weighted by Gasteiger charge is 2.31. The fraction of sp³-hybridized carbons (Fsp3) is 0.533. The van der Waals surface area contributed by atoms with Crippen LogP contribution in [0.25, 0.3) is 0 Å². The van der Waals surface area contributed by atoms with Crippen LogP contribution in [-0.2, 0) is 16.4 Å². The molecule has 8 heteroatoms. The minimum Gasteiger partial charge on any atom is -0.489 e. The molecule has 0 aromatic heterocycles. The van der Waals surface area contributed by atoms with Gasteiger partial charge in [-0.3, -0.25) is 4.90 Å². The molecule has 0 bridgehead atoms. The number of ether oxygens (including phenoxy) is 1. The van der Waals surface area contributed by atoms with E-state index in [1.807, 2.05) is 11.8 Å². The lowest BCUT2D eigenvalue weighted by Crippen LogP contribution is -2.48. The Bertz CT molecular complexity index is 752. The highest BCUT2D eigenvalue weighted by atomic mass is 35.5. The van der Waals surface area contributed by atoms with Gasteiger partial charge in [0.1, 0.15) is 11.9 Å². The molecule has 2 aliphatic rings. The molecule has 2 aliphatic heterocycles. The maximum atomic E-state index is 12.8. The number of halogens is 1. The van der Waals surface area contributed by atoms with Crippen molar-refractivity contribution in [3.05, 3.63) is 22.7 Å². The summed E-state index contributed by atoms with van der Waals surface area (Å²) < 4.78 is 32.7. The summed E-state index contributed by atoms with van der Waals surface area (Å²) in [5, 5.41) is 9.06. The van der Waals surface area contributed by atoms with Crippen LogP contribution in [0, 0.1) is 11.3 Å².